The summed E-state index contributed by atoms with van der Waals surface area (Å²) in [5.74, 6) is 3.30. The van der Waals surface area contributed by atoms with E-state index in [0.29, 0.717) is 4.57 Å². The van der Waals surface area contributed by atoms with Gasteiger partial charge in [0.25, 0.3) is 0 Å². The second-order valence-electron chi connectivity index (χ2n) is 6.02. The van der Waals surface area contributed by atoms with Crippen molar-refractivity contribution in [2.45, 2.75) is 24.0 Å². The minimum Gasteiger partial charge on any atom is -0.386 e. The van der Waals surface area contributed by atoms with E-state index in [1.54, 1.807) is 0 Å². The maximum atomic E-state index is 12.5. The van der Waals surface area contributed by atoms with Crippen LogP contribution in [-0.2, 0) is 31.6 Å². The molecule has 8 N–H and O–H groups in total. The number of rotatable bonds is 8. The first kappa shape index (κ1) is 27.6. The van der Waals surface area contributed by atoms with Crippen LogP contribution in [0.1, 0.15) is 6.23 Å². The van der Waals surface area contributed by atoms with Crippen LogP contribution in [0.4, 0.5) is 10.3 Å². The maximum absolute atomic E-state index is 12.5. The van der Waals surface area contributed by atoms with Crippen molar-refractivity contribution in [2.24, 2.45) is 0 Å². The molecule has 0 saturated carbocycles. The first-order valence-electron chi connectivity index (χ1n) is 8.10. The number of aliphatic hydroxyl groups excluding tert-OH is 1. The summed E-state index contributed by atoms with van der Waals surface area (Å²) in [5.41, 5.74) is 1.38. The molecule has 6 atom stereocenters. The van der Waals surface area contributed by atoms with Gasteiger partial charge in [-0.05, 0) is 0 Å². The smallest absolute Gasteiger partial charge is 0.386 e. The number of aromatic nitrogens is 3. The van der Waals surface area contributed by atoms with Crippen molar-refractivity contribution < 1.29 is 65.8 Å². The number of alkyl halides is 1. The highest BCUT2D eigenvalue weighted by Crippen LogP contribution is 2.66. The Balaban J connectivity index is 2.26. The molecule has 0 bridgehead atoms. The van der Waals surface area contributed by atoms with Gasteiger partial charge in [-0.25, -0.2) is 27.9 Å². The number of nitrogens with zero attached hydrogens (tertiary/aromatic N) is 3. The summed E-state index contributed by atoms with van der Waals surface area (Å²) in [4.78, 5) is 54.4. The van der Waals surface area contributed by atoms with Crippen LogP contribution < -0.4 is 11.4 Å². The summed E-state index contributed by atoms with van der Waals surface area (Å²) in [7, 11) is -17.0. The van der Waals surface area contributed by atoms with Crippen LogP contribution in [0.15, 0.2) is 11.1 Å². The summed E-state index contributed by atoms with van der Waals surface area (Å²) in [6.45, 7) is -2.49. The van der Waals surface area contributed by atoms with E-state index in [1.165, 1.54) is 0 Å². The molecule has 1 fully saturated rings. The van der Waals surface area contributed by atoms with Crippen LogP contribution in [0.25, 0.3) is 0 Å². The molecule has 0 aliphatic carbocycles. The molecule has 1 aliphatic heterocycles. The van der Waals surface area contributed by atoms with Crippen LogP contribution in [0, 0.1) is 11.8 Å². The van der Waals surface area contributed by atoms with E-state index in [-0.39, 0.29) is 0 Å². The maximum Gasteiger partial charge on any atom is 0.490 e. The minimum atomic E-state index is -5.82. The van der Waals surface area contributed by atoms with Crippen LogP contribution in [0.2, 0.25) is 0 Å². The van der Waals surface area contributed by atoms with Gasteiger partial charge in [0.05, 0.1) is 6.61 Å². The zero-order valence-electron chi connectivity index (χ0n) is 15.8. The van der Waals surface area contributed by atoms with E-state index in [1.807, 2.05) is 11.8 Å². The predicted molar refractivity (Wildman–Crippen MR) is 99.1 cm³/mol. The number of nitrogen functional groups attached to an aromatic ring is 1. The highest BCUT2D eigenvalue weighted by atomic mass is 31.3. The number of aliphatic hydroxyl groups is 2. The lowest BCUT2D eigenvalue weighted by molar-refractivity contribution is -0.0766. The van der Waals surface area contributed by atoms with Gasteiger partial charge in [0.1, 0.15) is 25.2 Å². The molecule has 0 aromatic carbocycles. The molecule has 0 spiro atoms. The van der Waals surface area contributed by atoms with Crippen molar-refractivity contribution in [2.75, 3.05) is 19.0 Å². The molecule has 0 radical (unpaired) electrons. The molecule has 33 heavy (non-hydrogen) atoms. The number of halogens is 1. The Bertz CT molecular complexity index is 1150. The Hall–Kier alpha value is -1.61. The van der Waals surface area contributed by atoms with Gasteiger partial charge in [-0.2, -0.15) is 13.6 Å². The highest BCUT2D eigenvalue weighted by Gasteiger charge is 2.57. The lowest BCUT2D eigenvalue weighted by Crippen LogP contribution is -2.48. The van der Waals surface area contributed by atoms with E-state index in [0.717, 1.165) is 6.33 Å². The molecular formula is C11H16FN4O14P3. The molecule has 3 unspecified atom stereocenters. The fourth-order valence-electron chi connectivity index (χ4n) is 2.48. The molecule has 1 aliphatic rings. The number of ether oxygens (including phenoxy) is 1. The number of hydrogen-bond donors (Lipinski definition) is 7. The summed E-state index contributed by atoms with van der Waals surface area (Å²) >= 11 is 0. The van der Waals surface area contributed by atoms with E-state index >= 15 is 0 Å². The zero-order chi connectivity index (χ0) is 25.2. The predicted octanol–water partition coefficient (Wildman–Crippen LogP) is -2.47. The summed E-state index contributed by atoms with van der Waals surface area (Å²) in [6.07, 6.45) is -5.15. The van der Waals surface area contributed by atoms with Crippen LogP contribution in [0.5, 0.6) is 0 Å². The third-order valence-electron chi connectivity index (χ3n) is 3.65. The van der Waals surface area contributed by atoms with Gasteiger partial charge in [-0.3, -0.25) is 9.09 Å². The second kappa shape index (κ2) is 9.94. The Morgan fingerprint density at radius 3 is 2.42 bits per heavy atom. The molecule has 2 heterocycles. The molecule has 2 rings (SSSR count). The normalized spacial score (nSPS) is 29.0. The van der Waals surface area contributed by atoms with Crippen molar-refractivity contribution in [1.82, 2.24) is 14.5 Å². The Kier molecular flexibility index (Phi) is 8.32. The van der Waals surface area contributed by atoms with Gasteiger partial charge in [-0.15, -0.1) is 0 Å². The van der Waals surface area contributed by atoms with Crippen LogP contribution >= 0.6 is 23.5 Å². The van der Waals surface area contributed by atoms with Crippen LogP contribution in [-0.4, -0.2) is 75.4 Å². The third-order valence-corrected chi connectivity index (χ3v) is 7.46. The van der Waals surface area contributed by atoms with Gasteiger partial charge in [0.15, 0.2) is 11.8 Å². The van der Waals surface area contributed by atoms with Gasteiger partial charge < -0.3 is 40.3 Å². The van der Waals surface area contributed by atoms with E-state index in [4.69, 9.17) is 25.2 Å². The molecule has 22 heteroatoms. The fourth-order valence-corrected chi connectivity index (χ4v) is 5.51. The monoisotopic (exact) mass is 540 g/mol. The highest BCUT2D eigenvalue weighted by molar-refractivity contribution is 7.66. The third kappa shape index (κ3) is 7.18. The molecule has 1 aromatic rings. The molecule has 18 nitrogen and oxygen atoms in total. The molecule has 1 aromatic heterocycles. The van der Waals surface area contributed by atoms with Gasteiger partial charge in [0.2, 0.25) is 5.95 Å². The van der Waals surface area contributed by atoms with Crippen molar-refractivity contribution in [1.29, 1.82) is 0 Å². The van der Waals surface area contributed by atoms with E-state index in [2.05, 4.69) is 23.1 Å². The quantitative estimate of drug-likeness (QED) is 0.133. The average Bonchev–Trinajstić information content (AvgIpc) is 2.87. The number of nitrogens with two attached hydrogens (primary N) is 1. The van der Waals surface area contributed by atoms with Gasteiger partial charge in [0, 0.05) is 0 Å². The van der Waals surface area contributed by atoms with Crippen LogP contribution in [0.3, 0.4) is 0 Å². The number of hydrogen-bond acceptors (Lipinski definition) is 13. The van der Waals surface area contributed by atoms with Gasteiger partial charge >= 0.3 is 29.2 Å². The Labute approximate surface area is 182 Å². The zero-order valence-corrected chi connectivity index (χ0v) is 18.5. The largest absolute Gasteiger partial charge is 0.490 e. The fraction of sp³-hybridized carbons (Fsp3) is 0.545. The van der Waals surface area contributed by atoms with Crippen molar-refractivity contribution in [3.05, 3.63) is 16.8 Å². The van der Waals surface area contributed by atoms with E-state index in [9.17, 15) is 38.0 Å². The average molecular weight is 540 g/mol. The Morgan fingerprint density at radius 2 is 1.88 bits per heavy atom. The number of anilines is 1. The van der Waals surface area contributed by atoms with Crippen molar-refractivity contribution >= 4 is 29.4 Å². The molecule has 0 amide bonds. The first-order valence-corrected chi connectivity index (χ1v) is 12.6. The molecule has 186 valence electrons. The topological polar surface area (TPSA) is 283 Å². The van der Waals surface area contributed by atoms with E-state index < -0.39 is 72.4 Å². The minimum absolute atomic E-state index is 0.461. The lowest BCUT2D eigenvalue weighted by atomic mass is 9.94. The Morgan fingerprint density at radius 1 is 1.24 bits per heavy atom. The molecular weight excluding hydrogens is 524 g/mol. The number of phosphoric acid groups is 3. The summed E-state index contributed by atoms with van der Waals surface area (Å²) < 4.78 is 63.4. The summed E-state index contributed by atoms with van der Waals surface area (Å²) in [6, 6.07) is 0. The van der Waals surface area contributed by atoms with Gasteiger partial charge in [-0.1, -0.05) is 11.8 Å². The molecule has 1 saturated heterocycles. The SMILES string of the molecule is Nc1ncn([C@@H]2O[C@H](COP(=O)(O)OP(=O)(O)OP(=O)(O)O)C(O)[C@]2(O)C#CCF)c(=O)n1. The number of phosphoric ester groups is 1. The lowest BCUT2D eigenvalue weighted by Gasteiger charge is -2.26. The summed E-state index contributed by atoms with van der Waals surface area (Å²) in [5, 5.41) is 21.1. The van der Waals surface area contributed by atoms with Crippen molar-refractivity contribution in [3.63, 3.8) is 0 Å². The second-order valence-corrected chi connectivity index (χ2v) is 10.4. The first-order chi connectivity index (χ1) is 15.0. The standard InChI is InChI=1S/C11H16FN4O14P3/c12-3-1-2-11(19)7(17)6(28-8(11)16-5-14-9(13)15-10(16)18)4-27-32(23,24)30-33(25,26)29-31(20,21)22/h5-8,17,19H,3-4H2,(H,23,24)(H,25,26)(H2,13,15,18)(H2,20,21,22)/t6-,7?,8-,11-/m1/s1. The van der Waals surface area contributed by atoms with Crippen molar-refractivity contribution in [3.8, 4) is 11.8 Å².